The summed E-state index contributed by atoms with van der Waals surface area (Å²) in [7, 11) is 0. The maximum absolute atomic E-state index is 12.0. The number of rotatable bonds is 29. The first-order valence-corrected chi connectivity index (χ1v) is 16.1. The van der Waals surface area contributed by atoms with E-state index in [9.17, 15) is 9.59 Å². The van der Waals surface area contributed by atoms with Crippen LogP contribution in [0.3, 0.4) is 0 Å². The topological polar surface area (TPSA) is 63.6 Å². The molecule has 0 rings (SSSR count). The summed E-state index contributed by atoms with van der Waals surface area (Å²) in [4.78, 5) is 23.0. The Balaban J connectivity index is 3.35. The fourth-order valence-electron chi connectivity index (χ4n) is 4.87. The Morgan fingerprint density at radius 2 is 1.00 bits per heavy atom. The number of hydrogen-bond acceptors (Lipinski definition) is 3. The summed E-state index contributed by atoms with van der Waals surface area (Å²) >= 11 is 0. The molecule has 0 aliphatic rings. The number of carbonyl (C=O) groups excluding carboxylic acids is 1. The molecule has 0 saturated heterocycles. The van der Waals surface area contributed by atoms with Gasteiger partial charge < -0.3 is 9.84 Å². The molecule has 4 nitrogen and oxygen atoms in total. The Morgan fingerprint density at radius 1 is 0.595 bits per heavy atom. The van der Waals surface area contributed by atoms with Crippen molar-refractivity contribution in [1.29, 1.82) is 0 Å². The molecule has 0 bridgehead atoms. The van der Waals surface area contributed by atoms with Crippen molar-refractivity contribution in [1.82, 2.24) is 0 Å². The molecule has 0 fully saturated rings. The minimum Gasteiger partial charge on any atom is -0.481 e. The van der Waals surface area contributed by atoms with Crippen LogP contribution in [-0.2, 0) is 14.3 Å². The zero-order chi connectivity index (χ0) is 27.2. The third-order valence-electron chi connectivity index (χ3n) is 7.27. The molecule has 0 aromatic carbocycles. The molecule has 0 amide bonds. The molecular weight excluding hydrogens is 460 g/mol. The summed E-state index contributed by atoms with van der Waals surface area (Å²) in [5, 5.41) is 9.04. The summed E-state index contributed by atoms with van der Waals surface area (Å²) in [6.07, 6.45) is 35.1. The standard InChI is InChI=1S/C33H62O4/c1-3-5-6-7-8-9-10-11-12-13-14-15-16-17-18-19-20-21-22-23-24-25-26-27-28-31(30-32(34)35)33(36)37-29-4-2/h7-8,31H,3-6,9-30H2,1-2H3,(H,34,35)/b8-7+. The second-order valence-corrected chi connectivity index (χ2v) is 11.0. The molecule has 0 radical (unpaired) electrons. The summed E-state index contributed by atoms with van der Waals surface area (Å²) < 4.78 is 5.16. The number of esters is 1. The van der Waals surface area contributed by atoms with E-state index in [-0.39, 0.29) is 12.4 Å². The lowest BCUT2D eigenvalue weighted by Crippen LogP contribution is -2.21. The lowest BCUT2D eigenvalue weighted by molar-refractivity contribution is -0.153. The Morgan fingerprint density at radius 3 is 1.41 bits per heavy atom. The van der Waals surface area contributed by atoms with Gasteiger partial charge in [-0.3, -0.25) is 9.59 Å². The predicted octanol–water partition coefficient (Wildman–Crippen LogP) is 10.6. The molecule has 218 valence electrons. The van der Waals surface area contributed by atoms with Crippen LogP contribution in [0.15, 0.2) is 12.2 Å². The summed E-state index contributed by atoms with van der Waals surface area (Å²) in [5.74, 6) is -1.74. The second kappa shape index (κ2) is 29.2. The number of hydrogen-bond donors (Lipinski definition) is 1. The number of carboxylic acid groups (broad SMARTS) is 1. The van der Waals surface area contributed by atoms with Crippen LogP contribution in [0.1, 0.15) is 174 Å². The first-order valence-electron chi connectivity index (χ1n) is 16.1. The van der Waals surface area contributed by atoms with E-state index in [1.54, 1.807) is 0 Å². The van der Waals surface area contributed by atoms with Crippen molar-refractivity contribution in [2.24, 2.45) is 5.92 Å². The van der Waals surface area contributed by atoms with Crippen molar-refractivity contribution in [2.75, 3.05) is 6.61 Å². The SMILES string of the molecule is CCCC/C=C/CCCCCCCCCCCCCCCCCCCCC(CC(=O)O)C(=O)OCCC. The Bertz CT molecular complexity index is 528. The van der Waals surface area contributed by atoms with Crippen molar-refractivity contribution in [3.8, 4) is 0 Å². The summed E-state index contributed by atoms with van der Waals surface area (Å²) in [6.45, 7) is 4.58. The van der Waals surface area contributed by atoms with Gasteiger partial charge in [0.15, 0.2) is 0 Å². The average molecular weight is 523 g/mol. The van der Waals surface area contributed by atoms with Crippen LogP contribution < -0.4 is 0 Å². The van der Waals surface area contributed by atoms with Crippen molar-refractivity contribution in [3.63, 3.8) is 0 Å². The van der Waals surface area contributed by atoms with Gasteiger partial charge in [0.2, 0.25) is 0 Å². The normalized spacial score (nSPS) is 12.3. The molecule has 0 aliphatic carbocycles. The maximum atomic E-state index is 12.0. The van der Waals surface area contributed by atoms with Gasteiger partial charge in [-0.2, -0.15) is 0 Å². The molecule has 0 aromatic heterocycles. The second-order valence-electron chi connectivity index (χ2n) is 11.0. The zero-order valence-corrected chi connectivity index (χ0v) is 24.8. The van der Waals surface area contributed by atoms with E-state index >= 15 is 0 Å². The van der Waals surface area contributed by atoms with Gasteiger partial charge in [-0.15, -0.1) is 0 Å². The highest BCUT2D eigenvalue weighted by molar-refractivity contribution is 5.79. The number of carbonyl (C=O) groups is 2. The highest BCUT2D eigenvalue weighted by atomic mass is 16.5. The highest BCUT2D eigenvalue weighted by Crippen LogP contribution is 2.18. The minimum absolute atomic E-state index is 0.111. The Kier molecular flexibility index (Phi) is 28.2. The van der Waals surface area contributed by atoms with Gasteiger partial charge in [0.05, 0.1) is 18.9 Å². The number of unbranched alkanes of at least 4 members (excludes halogenated alkanes) is 20. The van der Waals surface area contributed by atoms with Crippen molar-refractivity contribution in [2.45, 2.75) is 174 Å². The van der Waals surface area contributed by atoms with Gasteiger partial charge >= 0.3 is 11.9 Å². The maximum Gasteiger partial charge on any atom is 0.309 e. The fraction of sp³-hybridized carbons (Fsp3) is 0.879. The van der Waals surface area contributed by atoms with Crippen LogP contribution in [-0.4, -0.2) is 23.7 Å². The Hall–Kier alpha value is -1.32. The van der Waals surface area contributed by atoms with Gasteiger partial charge in [-0.1, -0.05) is 148 Å². The predicted molar refractivity (Wildman–Crippen MR) is 158 cm³/mol. The molecule has 0 aliphatic heterocycles. The van der Waals surface area contributed by atoms with E-state index in [2.05, 4.69) is 19.1 Å². The third-order valence-corrected chi connectivity index (χ3v) is 7.27. The summed E-state index contributed by atoms with van der Waals surface area (Å²) in [6, 6.07) is 0. The molecule has 1 unspecified atom stereocenters. The average Bonchev–Trinajstić information content (AvgIpc) is 2.88. The third kappa shape index (κ3) is 27.5. The monoisotopic (exact) mass is 522 g/mol. The molecule has 0 spiro atoms. The van der Waals surface area contributed by atoms with Gasteiger partial charge in [0.1, 0.15) is 0 Å². The first-order chi connectivity index (χ1) is 18.1. The van der Waals surface area contributed by atoms with Crippen LogP contribution >= 0.6 is 0 Å². The van der Waals surface area contributed by atoms with E-state index in [0.717, 1.165) is 19.3 Å². The van der Waals surface area contributed by atoms with Crippen molar-refractivity contribution >= 4 is 11.9 Å². The van der Waals surface area contributed by atoms with Crippen molar-refractivity contribution in [3.05, 3.63) is 12.2 Å². The van der Waals surface area contributed by atoms with E-state index in [4.69, 9.17) is 9.84 Å². The number of ether oxygens (including phenoxy) is 1. The van der Waals surface area contributed by atoms with Gasteiger partial charge in [0.25, 0.3) is 0 Å². The minimum atomic E-state index is -0.916. The lowest BCUT2D eigenvalue weighted by atomic mass is 9.97. The quantitative estimate of drug-likeness (QED) is 0.0602. The van der Waals surface area contributed by atoms with E-state index < -0.39 is 11.9 Å². The van der Waals surface area contributed by atoms with Crippen LogP contribution in [0.4, 0.5) is 0 Å². The number of carboxylic acids is 1. The van der Waals surface area contributed by atoms with Gasteiger partial charge in [-0.05, 0) is 32.1 Å². The van der Waals surface area contributed by atoms with E-state index in [1.807, 2.05) is 6.92 Å². The molecule has 37 heavy (non-hydrogen) atoms. The van der Waals surface area contributed by atoms with Gasteiger partial charge in [0, 0.05) is 0 Å². The molecule has 0 saturated carbocycles. The van der Waals surface area contributed by atoms with Gasteiger partial charge in [-0.25, -0.2) is 0 Å². The summed E-state index contributed by atoms with van der Waals surface area (Å²) in [5.41, 5.74) is 0. The molecule has 0 aromatic rings. The number of allylic oxidation sites excluding steroid dienone is 2. The highest BCUT2D eigenvalue weighted by Gasteiger charge is 2.22. The molecule has 1 atom stereocenters. The van der Waals surface area contributed by atoms with Crippen LogP contribution in [0.5, 0.6) is 0 Å². The largest absolute Gasteiger partial charge is 0.481 e. The first kappa shape index (κ1) is 35.7. The van der Waals surface area contributed by atoms with Crippen LogP contribution in [0.2, 0.25) is 0 Å². The number of aliphatic carboxylic acids is 1. The molecular formula is C33H62O4. The van der Waals surface area contributed by atoms with E-state index in [0.29, 0.717) is 13.0 Å². The molecule has 4 heteroatoms. The fourth-order valence-corrected chi connectivity index (χ4v) is 4.87. The van der Waals surface area contributed by atoms with Crippen LogP contribution in [0.25, 0.3) is 0 Å². The molecule has 1 N–H and O–H groups in total. The smallest absolute Gasteiger partial charge is 0.309 e. The van der Waals surface area contributed by atoms with E-state index in [1.165, 1.54) is 128 Å². The molecule has 0 heterocycles. The zero-order valence-electron chi connectivity index (χ0n) is 24.8. The lowest BCUT2D eigenvalue weighted by Gasteiger charge is -2.13. The Labute approximate surface area is 230 Å². The van der Waals surface area contributed by atoms with Crippen LogP contribution in [0, 0.1) is 5.92 Å². The van der Waals surface area contributed by atoms with Crippen molar-refractivity contribution < 1.29 is 19.4 Å².